The molecule has 0 bridgehead atoms. The van der Waals surface area contributed by atoms with Gasteiger partial charge in [-0.05, 0) is 0 Å². The molecule has 22 heavy (non-hydrogen) atoms. The van der Waals surface area contributed by atoms with Crippen LogP contribution in [0.5, 0.6) is 0 Å². The van der Waals surface area contributed by atoms with E-state index in [0.717, 1.165) is 26.2 Å². The highest BCUT2D eigenvalue weighted by Gasteiger charge is 2.14. The molecule has 0 aliphatic carbocycles. The van der Waals surface area contributed by atoms with Crippen molar-refractivity contribution in [1.29, 1.82) is 0 Å². The molecule has 6 heteroatoms. The average Bonchev–Trinajstić information content (AvgIpc) is 2.47. The molecule has 0 spiro atoms. The van der Waals surface area contributed by atoms with Crippen LogP contribution in [0.25, 0.3) is 0 Å². The number of carbonyl (C=O) groups is 2. The van der Waals surface area contributed by atoms with Crippen molar-refractivity contribution in [2.24, 2.45) is 0 Å². The van der Waals surface area contributed by atoms with Crippen molar-refractivity contribution in [3.05, 3.63) is 0 Å². The van der Waals surface area contributed by atoms with E-state index in [-0.39, 0.29) is 25.2 Å². The van der Waals surface area contributed by atoms with Crippen LogP contribution < -0.4 is 0 Å². The molecule has 1 saturated heterocycles. The van der Waals surface area contributed by atoms with Gasteiger partial charge in [-0.25, -0.2) is 0 Å². The molecule has 1 aliphatic rings. The fraction of sp³-hybridized carbons (Fsp3) is 0.625. The smallest absolute Gasteiger partial charge is 0.303 e. The minimum absolute atomic E-state index is 0.160. The van der Waals surface area contributed by atoms with Crippen molar-refractivity contribution in [2.45, 2.75) is 13.8 Å². The van der Waals surface area contributed by atoms with Gasteiger partial charge in [0, 0.05) is 40.0 Å². The normalized spacial score (nSPS) is 15.0. The highest BCUT2D eigenvalue weighted by atomic mass is 16.5. The lowest BCUT2D eigenvalue weighted by molar-refractivity contribution is -0.140. The Morgan fingerprint density at radius 3 is 1.45 bits per heavy atom. The van der Waals surface area contributed by atoms with E-state index in [1.807, 2.05) is 0 Å². The molecule has 6 nitrogen and oxygen atoms in total. The fourth-order valence-corrected chi connectivity index (χ4v) is 1.82. The number of hydrogen-bond acceptors (Lipinski definition) is 6. The molecule has 0 aromatic carbocycles. The number of ether oxygens (including phenoxy) is 2. The second-order valence-electron chi connectivity index (χ2n) is 4.82. The third-order valence-corrected chi connectivity index (χ3v) is 3.02. The number of carbonyl (C=O) groups excluding carboxylic acids is 2. The van der Waals surface area contributed by atoms with Gasteiger partial charge in [0.05, 0.1) is 13.1 Å². The van der Waals surface area contributed by atoms with Crippen molar-refractivity contribution in [1.82, 2.24) is 9.80 Å². The summed E-state index contributed by atoms with van der Waals surface area (Å²) in [5, 5.41) is 0. The number of nitrogens with zero attached hydrogens (tertiary/aromatic N) is 2. The number of piperazine rings is 1. The van der Waals surface area contributed by atoms with Crippen LogP contribution in [-0.4, -0.2) is 74.2 Å². The van der Waals surface area contributed by atoms with Gasteiger partial charge in [-0.3, -0.25) is 19.4 Å². The van der Waals surface area contributed by atoms with Crippen molar-refractivity contribution < 1.29 is 19.1 Å². The first-order chi connectivity index (χ1) is 10.6. The Morgan fingerprint density at radius 2 is 1.14 bits per heavy atom. The molecule has 0 saturated carbocycles. The van der Waals surface area contributed by atoms with Crippen molar-refractivity contribution >= 4 is 11.9 Å². The highest BCUT2D eigenvalue weighted by molar-refractivity contribution is 5.66. The Kier molecular flexibility index (Phi) is 8.74. The Morgan fingerprint density at radius 1 is 0.773 bits per heavy atom. The van der Waals surface area contributed by atoms with Crippen LogP contribution in [-0.2, 0) is 19.1 Å². The molecular formula is C16H22N2O4. The Hall–Kier alpha value is -2.02. The van der Waals surface area contributed by atoms with E-state index in [0.29, 0.717) is 13.1 Å². The van der Waals surface area contributed by atoms with Gasteiger partial charge in [-0.2, -0.15) is 0 Å². The zero-order valence-corrected chi connectivity index (χ0v) is 13.2. The first-order valence-corrected chi connectivity index (χ1v) is 7.21. The maximum atomic E-state index is 10.6. The number of hydrogen-bond donors (Lipinski definition) is 0. The number of esters is 2. The van der Waals surface area contributed by atoms with Crippen molar-refractivity contribution in [3.63, 3.8) is 0 Å². The van der Waals surface area contributed by atoms with Gasteiger partial charge in [0.25, 0.3) is 0 Å². The quantitative estimate of drug-likeness (QED) is 0.527. The standard InChI is InChI=1S/C16H22N2O4/c1-15(19)21-13-5-3-7-17-9-11-18(12-10-17)8-4-6-14-22-16(2)20/h7-14H2,1-2H3. The summed E-state index contributed by atoms with van der Waals surface area (Å²) in [7, 11) is 0. The molecule has 1 heterocycles. The average molecular weight is 306 g/mol. The second-order valence-corrected chi connectivity index (χ2v) is 4.82. The van der Waals surface area contributed by atoms with E-state index >= 15 is 0 Å². The van der Waals surface area contributed by atoms with Crippen LogP contribution in [0, 0.1) is 23.7 Å². The van der Waals surface area contributed by atoms with Crippen LogP contribution in [0.3, 0.4) is 0 Å². The largest absolute Gasteiger partial charge is 0.453 e. The first-order valence-electron chi connectivity index (χ1n) is 7.21. The molecule has 0 radical (unpaired) electrons. The second kappa shape index (κ2) is 10.7. The van der Waals surface area contributed by atoms with Gasteiger partial charge in [-0.15, -0.1) is 0 Å². The molecule has 0 amide bonds. The van der Waals surface area contributed by atoms with E-state index in [2.05, 4.69) is 33.5 Å². The molecule has 120 valence electrons. The summed E-state index contributed by atoms with van der Waals surface area (Å²) in [6.45, 7) is 8.19. The topological polar surface area (TPSA) is 59.1 Å². The summed E-state index contributed by atoms with van der Waals surface area (Å²) < 4.78 is 9.48. The van der Waals surface area contributed by atoms with Crippen LogP contribution >= 0.6 is 0 Å². The maximum absolute atomic E-state index is 10.6. The van der Waals surface area contributed by atoms with Gasteiger partial charge in [0.15, 0.2) is 13.2 Å². The molecule has 0 unspecified atom stereocenters. The Labute approximate surface area is 131 Å². The fourth-order valence-electron chi connectivity index (χ4n) is 1.82. The maximum Gasteiger partial charge on any atom is 0.303 e. The SMILES string of the molecule is CC(=O)OCC#CCN1CCN(CC#CCOC(C)=O)CC1. The van der Waals surface area contributed by atoms with E-state index in [9.17, 15) is 9.59 Å². The van der Waals surface area contributed by atoms with Crippen molar-refractivity contribution in [2.75, 3.05) is 52.5 Å². The van der Waals surface area contributed by atoms with Crippen LogP contribution in [0.2, 0.25) is 0 Å². The van der Waals surface area contributed by atoms with Gasteiger partial charge in [0.1, 0.15) is 0 Å². The first kappa shape index (κ1) is 18.0. The molecule has 0 N–H and O–H groups in total. The zero-order chi connectivity index (χ0) is 16.2. The van der Waals surface area contributed by atoms with Gasteiger partial charge in [-0.1, -0.05) is 23.7 Å². The molecule has 0 atom stereocenters. The zero-order valence-electron chi connectivity index (χ0n) is 13.2. The molecule has 0 aromatic heterocycles. The third-order valence-electron chi connectivity index (χ3n) is 3.02. The summed E-state index contributed by atoms with van der Waals surface area (Å²) in [6, 6.07) is 0. The van der Waals surface area contributed by atoms with Crippen LogP contribution in [0.15, 0.2) is 0 Å². The monoisotopic (exact) mass is 306 g/mol. The van der Waals surface area contributed by atoms with E-state index in [4.69, 9.17) is 9.47 Å². The summed E-state index contributed by atoms with van der Waals surface area (Å²) in [4.78, 5) is 25.6. The van der Waals surface area contributed by atoms with Gasteiger partial charge >= 0.3 is 11.9 Å². The Bertz CT molecular complexity index is 442. The summed E-state index contributed by atoms with van der Waals surface area (Å²) in [6.07, 6.45) is 0. The highest BCUT2D eigenvalue weighted by Crippen LogP contribution is 1.99. The van der Waals surface area contributed by atoms with E-state index in [1.54, 1.807) is 0 Å². The minimum Gasteiger partial charge on any atom is -0.453 e. The molecular weight excluding hydrogens is 284 g/mol. The predicted molar refractivity (Wildman–Crippen MR) is 81.7 cm³/mol. The molecule has 1 rings (SSSR count). The molecule has 0 aromatic rings. The van der Waals surface area contributed by atoms with Crippen LogP contribution in [0.4, 0.5) is 0 Å². The Balaban J connectivity index is 2.12. The third kappa shape index (κ3) is 9.02. The van der Waals surface area contributed by atoms with Crippen LogP contribution in [0.1, 0.15) is 13.8 Å². The summed E-state index contributed by atoms with van der Waals surface area (Å²) in [5.74, 6) is 11.0. The lowest BCUT2D eigenvalue weighted by atomic mass is 10.3. The summed E-state index contributed by atoms with van der Waals surface area (Å²) >= 11 is 0. The minimum atomic E-state index is -0.308. The van der Waals surface area contributed by atoms with E-state index < -0.39 is 0 Å². The summed E-state index contributed by atoms with van der Waals surface area (Å²) in [5.41, 5.74) is 0. The number of rotatable bonds is 4. The predicted octanol–water partition coefficient (Wildman–Crippen LogP) is -0.263. The lowest BCUT2D eigenvalue weighted by Crippen LogP contribution is -2.46. The van der Waals surface area contributed by atoms with E-state index in [1.165, 1.54) is 13.8 Å². The molecule has 1 fully saturated rings. The van der Waals surface area contributed by atoms with Gasteiger partial charge < -0.3 is 9.47 Å². The lowest BCUT2D eigenvalue weighted by Gasteiger charge is -2.32. The van der Waals surface area contributed by atoms with Crippen molar-refractivity contribution in [3.8, 4) is 23.7 Å². The molecule has 1 aliphatic heterocycles. The van der Waals surface area contributed by atoms with Gasteiger partial charge in [0.2, 0.25) is 0 Å².